The van der Waals surface area contributed by atoms with Crippen LogP contribution in [0.4, 0.5) is 15.8 Å². The first-order valence-electron chi connectivity index (χ1n) is 7.26. The molecule has 1 aliphatic heterocycles. The molecule has 1 aliphatic rings. The van der Waals surface area contributed by atoms with Crippen molar-refractivity contribution in [3.05, 3.63) is 53.3 Å². The topological polar surface area (TPSA) is 66.5 Å². The molecule has 0 aromatic heterocycles. The van der Waals surface area contributed by atoms with Crippen molar-refractivity contribution < 1.29 is 17.6 Å². The van der Waals surface area contributed by atoms with E-state index in [0.717, 1.165) is 6.42 Å². The molecule has 24 heavy (non-hydrogen) atoms. The molecule has 0 atom stereocenters. The second-order valence-electron chi connectivity index (χ2n) is 5.35. The minimum Gasteiger partial charge on any atom is -0.312 e. The highest BCUT2D eigenvalue weighted by atomic mass is 35.5. The molecule has 0 aliphatic carbocycles. The van der Waals surface area contributed by atoms with E-state index in [1.165, 1.54) is 30.3 Å². The molecule has 0 unspecified atom stereocenters. The van der Waals surface area contributed by atoms with Gasteiger partial charge in [0.05, 0.1) is 15.6 Å². The van der Waals surface area contributed by atoms with Gasteiger partial charge in [-0.05, 0) is 42.8 Å². The number of rotatable bonds is 4. The van der Waals surface area contributed by atoms with Gasteiger partial charge in [-0.15, -0.1) is 0 Å². The monoisotopic (exact) mass is 368 g/mol. The average molecular weight is 369 g/mol. The van der Waals surface area contributed by atoms with Crippen LogP contribution >= 0.6 is 11.6 Å². The lowest BCUT2D eigenvalue weighted by Crippen LogP contribution is -2.23. The van der Waals surface area contributed by atoms with Crippen LogP contribution in [0.3, 0.4) is 0 Å². The first kappa shape index (κ1) is 16.7. The Kier molecular flexibility index (Phi) is 4.47. The lowest BCUT2D eigenvalue weighted by atomic mass is 10.3. The number of amides is 1. The van der Waals surface area contributed by atoms with Crippen molar-refractivity contribution in [3.63, 3.8) is 0 Å². The quantitative estimate of drug-likeness (QED) is 0.899. The number of anilines is 2. The molecule has 1 fully saturated rings. The molecule has 0 bridgehead atoms. The van der Waals surface area contributed by atoms with Gasteiger partial charge in [0.2, 0.25) is 5.91 Å². The summed E-state index contributed by atoms with van der Waals surface area (Å²) >= 11 is 5.65. The Balaban J connectivity index is 1.85. The van der Waals surface area contributed by atoms with Crippen molar-refractivity contribution in [2.75, 3.05) is 16.2 Å². The number of hydrogen-bond donors (Lipinski definition) is 1. The summed E-state index contributed by atoms with van der Waals surface area (Å²) in [5.41, 5.74) is 0.423. The van der Waals surface area contributed by atoms with E-state index in [1.807, 2.05) is 0 Å². The molecule has 0 saturated carbocycles. The van der Waals surface area contributed by atoms with Crippen LogP contribution < -0.4 is 9.62 Å². The van der Waals surface area contributed by atoms with E-state index < -0.39 is 15.8 Å². The van der Waals surface area contributed by atoms with E-state index in [-0.39, 0.29) is 21.5 Å². The Hall–Kier alpha value is -2.12. The lowest BCUT2D eigenvalue weighted by molar-refractivity contribution is -0.117. The van der Waals surface area contributed by atoms with E-state index in [9.17, 15) is 17.6 Å². The highest BCUT2D eigenvalue weighted by Crippen LogP contribution is 2.26. The van der Waals surface area contributed by atoms with Crippen LogP contribution in [-0.2, 0) is 14.8 Å². The van der Waals surface area contributed by atoms with Gasteiger partial charge in [0.15, 0.2) is 5.82 Å². The Morgan fingerprint density at radius 2 is 1.83 bits per heavy atom. The van der Waals surface area contributed by atoms with Crippen LogP contribution in [0.25, 0.3) is 0 Å². The summed E-state index contributed by atoms with van der Waals surface area (Å²) in [6, 6.07) is 9.95. The smallest absolute Gasteiger partial charge is 0.261 e. The van der Waals surface area contributed by atoms with Crippen LogP contribution in [0.2, 0.25) is 5.02 Å². The van der Waals surface area contributed by atoms with E-state index in [4.69, 9.17) is 11.6 Å². The first-order chi connectivity index (χ1) is 11.4. The van der Waals surface area contributed by atoms with Gasteiger partial charge in [-0.2, -0.15) is 0 Å². The summed E-state index contributed by atoms with van der Waals surface area (Å²) in [6.45, 7) is 0.622. The largest absolute Gasteiger partial charge is 0.312 e. The van der Waals surface area contributed by atoms with Gasteiger partial charge in [0.25, 0.3) is 10.0 Å². The van der Waals surface area contributed by atoms with Gasteiger partial charge in [0.1, 0.15) is 0 Å². The third-order valence-corrected chi connectivity index (χ3v) is 5.40. The molecule has 0 radical (unpaired) electrons. The van der Waals surface area contributed by atoms with Gasteiger partial charge in [-0.25, -0.2) is 12.8 Å². The summed E-state index contributed by atoms with van der Waals surface area (Å²) in [4.78, 5) is 13.3. The van der Waals surface area contributed by atoms with E-state index in [2.05, 4.69) is 4.72 Å². The number of carbonyl (C=O) groups excluding carboxylic acids is 1. The van der Waals surface area contributed by atoms with Crippen molar-refractivity contribution in [1.82, 2.24) is 0 Å². The molecule has 2 aromatic rings. The van der Waals surface area contributed by atoms with Crippen molar-refractivity contribution in [2.24, 2.45) is 0 Å². The maximum absolute atomic E-state index is 13.9. The second-order valence-corrected chi connectivity index (χ2v) is 7.44. The lowest BCUT2D eigenvalue weighted by Gasteiger charge is -2.16. The molecule has 1 amide bonds. The van der Waals surface area contributed by atoms with Crippen LogP contribution in [0, 0.1) is 5.82 Å². The van der Waals surface area contributed by atoms with Crippen molar-refractivity contribution in [2.45, 2.75) is 17.7 Å². The third kappa shape index (κ3) is 3.22. The maximum Gasteiger partial charge on any atom is 0.261 e. The number of hydrogen-bond acceptors (Lipinski definition) is 3. The molecule has 126 valence electrons. The zero-order chi connectivity index (χ0) is 17.3. The first-order valence-corrected chi connectivity index (χ1v) is 9.12. The summed E-state index contributed by atoms with van der Waals surface area (Å²) in [7, 11) is -3.96. The molecule has 2 aromatic carbocycles. The number of nitrogens with zero attached hydrogens (tertiary/aromatic N) is 1. The van der Waals surface area contributed by atoms with Crippen LogP contribution in [-0.4, -0.2) is 20.9 Å². The predicted octanol–water partition coefficient (Wildman–Crippen LogP) is 3.41. The highest BCUT2D eigenvalue weighted by Gasteiger charge is 2.23. The van der Waals surface area contributed by atoms with Crippen molar-refractivity contribution in [1.29, 1.82) is 0 Å². The van der Waals surface area contributed by atoms with Crippen LogP contribution in [0.5, 0.6) is 0 Å². The fraction of sp³-hybridized carbons (Fsp3) is 0.188. The molecular weight excluding hydrogens is 355 g/mol. The van der Waals surface area contributed by atoms with Gasteiger partial charge in [-0.1, -0.05) is 17.7 Å². The van der Waals surface area contributed by atoms with E-state index in [0.29, 0.717) is 18.7 Å². The third-order valence-electron chi connectivity index (χ3n) is 3.73. The molecule has 1 heterocycles. The molecule has 5 nitrogen and oxygen atoms in total. The zero-order valence-electron chi connectivity index (χ0n) is 12.5. The molecule has 1 N–H and O–H groups in total. The van der Waals surface area contributed by atoms with Gasteiger partial charge in [-0.3, -0.25) is 9.52 Å². The molecule has 1 saturated heterocycles. The summed E-state index contributed by atoms with van der Waals surface area (Å²) in [5.74, 6) is -0.813. The predicted molar refractivity (Wildman–Crippen MR) is 90.2 cm³/mol. The average Bonchev–Trinajstić information content (AvgIpc) is 2.98. The highest BCUT2D eigenvalue weighted by molar-refractivity contribution is 7.92. The number of benzene rings is 2. The minimum atomic E-state index is -3.96. The van der Waals surface area contributed by atoms with Crippen LogP contribution in [0.1, 0.15) is 12.8 Å². The van der Waals surface area contributed by atoms with E-state index in [1.54, 1.807) is 17.0 Å². The standard InChI is InChI=1S/C16H14ClFN2O3S/c17-13-3-1-4-14(16(13)18)19-24(22,23)12-8-6-11(7-9-12)20-10-2-5-15(20)21/h1,3-4,6-9,19H,2,5,10H2. The Labute approximate surface area is 144 Å². The maximum atomic E-state index is 13.9. The molecule has 8 heteroatoms. The fourth-order valence-corrected chi connectivity index (χ4v) is 3.75. The Bertz CT molecular complexity index is 885. The number of halogens is 2. The van der Waals surface area contributed by atoms with Gasteiger partial charge < -0.3 is 4.90 Å². The normalized spacial score (nSPS) is 14.9. The SMILES string of the molecule is O=C1CCCN1c1ccc(S(=O)(=O)Nc2cccc(Cl)c2F)cc1. The fourth-order valence-electron chi connectivity index (χ4n) is 2.51. The summed E-state index contributed by atoms with van der Waals surface area (Å²) < 4.78 is 40.8. The van der Waals surface area contributed by atoms with Gasteiger partial charge >= 0.3 is 0 Å². The summed E-state index contributed by atoms with van der Waals surface area (Å²) in [5, 5.41) is -0.168. The van der Waals surface area contributed by atoms with Crippen molar-refractivity contribution >= 4 is 38.9 Å². The molecule has 0 spiro atoms. The Morgan fingerprint density at radius 1 is 1.12 bits per heavy atom. The zero-order valence-corrected chi connectivity index (χ0v) is 14.1. The molecule has 3 rings (SSSR count). The van der Waals surface area contributed by atoms with Crippen molar-refractivity contribution in [3.8, 4) is 0 Å². The summed E-state index contributed by atoms with van der Waals surface area (Å²) in [6.07, 6.45) is 1.28. The number of nitrogens with one attached hydrogen (secondary N) is 1. The number of carbonyl (C=O) groups is 1. The number of sulfonamides is 1. The van der Waals surface area contributed by atoms with E-state index >= 15 is 0 Å². The Morgan fingerprint density at radius 3 is 2.46 bits per heavy atom. The molecular formula is C16H14ClFN2O3S. The second kappa shape index (κ2) is 6.41. The van der Waals surface area contributed by atoms with Gasteiger partial charge in [0, 0.05) is 18.7 Å². The van der Waals surface area contributed by atoms with Crippen LogP contribution in [0.15, 0.2) is 47.4 Å². The minimum absolute atomic E-state index is 0.0183.